The predicted molar refractivity (Wildman–Crippen MR) is 112 cm³/mol. The lowest BCUT2D eigenvalue weighted by Crippen LogP contribution is -2.50. The summed E-state index contributed by atoms with van der Waals surface area (Å²) in [4.78, 5) is 26.9. The van der Waals surface area contributed by atoms with E-state index in [9.17, 15) is 9.59 Å². The molecule has 0 bridgehead atoms. The van der Waals surface area contributed by atoms with Crippen molar-refractivity contribution in [2.45, 2.75) is 39.4 Å². The Kier molecular flexibility index (Phi) is 8.15. The van der Waals surface area contributed by atoms with Crippen LogP contribution in [0.4, 0.5) is 0 Å². The normalized spacial score (nSPS) is 11.8. The summed E-state index contributed by atoms with van der Waals surface area (Å²) in [6.07, 6.45) is 0. The van der Waals surface area contributed by atoms with E-state index in [4.69, 9.17) is 27.9 Å². The third kappa shape index (κ3) is 6.14. The van der Waals surface area contributed by atoms with Crippen LogP contribution < -0.4 is 10.1 Å². The molecule has 0 radical (unpaired) electrons. The number of halogens is 2. The summed E-state index contributed by atoms with van der Waals surface area (Å²) in [5, 5.41) is 3.70. The van der Waals surface area contributed by atoms with Crippen molar-refractivity contribution >= 4 is 35.0 Å². The molecule has 5 nitrogen and oxygen atoms in total. The van der Waals surface area contributed by atoms with E-state index in [1.165, 1.54) is 4.90 Å². The zero-order chi connectivity index (χ0) is 20.7. The van der Waals surface area contributed by atoms with E-state index >= 15 is 0 Å². The highest BCUT2D eigenvalue weighted by Crippen LogP contribution is 2.26. The Labute approximate surface area is 175 Å². The second-order valence-electron chi connectivity index (χ2n) is 6.66. The molecule has 0 saturated heterocycles. The molecule has 0 aliphatic carbocycles. The number of benzene rings is 2. The molecule has 0 spiro atoms. The standard InChI is InChI=1S/C21H24Cl2N2O3/c1-14(2)24-21(27)15(3)25(12-17-18(22)10-7-11-19(17)23)20(26)13-28-16-8-5-4-6-9-16/h4-11,14-15H,12-13H2,1-3H3,(H,24,27). The Balaban J connectivity index is 2.21. The van der Waals surface area contributed by atoms with Crippen LogP contribution in [-0.2, 0) is 16.1 Å². The van der Waals surface area contributed by atoms with Gasteiger partial charge in [-0.3, -0.25) is 9.59 Å². The number of amides is 2. The van der Waals surface area contributed by atoms with Crippen molar-refractivity contribution in [2.24, 2.45) is 0 Å². The minimum Gasteiger partial charge on any atom is -0.484 e. The van der Waals surface area contributed by atoms with Gasteiger partial charge in [0.05, 0.1) is 0 Å². The maximum absolute atomic E-state index is 12.9. The Bertz CT molecular complexity index is 792. The fourth-order valence-electron chi connectivity index (χ4n) is 2.59. The van der Waals surface area contributed by atoms with Crippen molar-refractivity contribution in [3.63, 3.8) is 0 Å². The zero-order valence-corrected chi connectivity index (χ0v) is 17.6. The van der Waals surface area contributed by atoms with E-state index in [0.717, 1.165) is 0 Å². The highest BCUT2D eigenvalue weighted by molar-refractivity contribution is 6.36. The smallest absolute Gasteiger partial charge is 0.261 e. The summed E-state index contributed by atoms with van der Waals surface area (Å²) in [6, 6.07) is 13.4. The van der Waals surface area contributed by atoms with Crippen molar-refractivity contribution in [2.75, 3.05) is 6.61 Å². The molecule has 2 aromatic rings. The van der Waals surface area contributed by atoms with Gasteiger partial charge in [0.15, 0.2) is 6.61 Å². The van der Waals surface area contributed by atoms with Crippen LogP contribution >= 0.6 is 23.2 Å². The van der Waals surface area contributed by atoms with Gasteiger partial charge in [0.1, 0.15) is 11.8 Å². The highest BCUT2D eigenvalue weighted by Gasteiger charge is 2.28. The second-order valence-corrected chi connectivity index (χ2v) is 7.48. The molecule has 0 saturated carbocycles. The van der Waals surface area contributed by atoms with Crippen LogP contribution in [0.2, 0.25) is 10.0 Å². The van der Waals surface area contributed by atoms with E-state index in [1.54, 1.807) is 37.3 Å². The van der Waals surface area contributed by atoms with Crippen molar-refractivity contribution < 1.29 is 14.3 Å². The molecular weight excluding hydrogens is 399 g/mol. The number of rotatable bonds is 8. The Morgan fingerprint density at radius 1 is 1.00 bits per heavy atom. The number of ether oxygens (including phenoxy) is 1. The maximum atomic E-state index is 12.9. The van der Waals surface area contributed by atoms with Crippen LogP contribution in [0.3, 0.4) is 0 Å². The van der Waals surface area contributed by atoms with E-state index in [0.29, 0.717) is 21.4 Å². The largest absolute Gasteiger partial charge is 0.484 e. The lowest BCUT2D eigenvalue weighted by atomic mass is 10.1. The molecular formula is C21H24Cl2N2O3. The third-order valence-corrected chi connectivity index (χ3v) is 4.80. The molecule has 0 aromatic heterocycles. The molecule has 0 aliphatic rings. The predicted octanol–water partition coefficient (Wildman–Crippen LogP) is 4.31. The SMILES string of the molecule is CC(C)NC(=O)C(C)N(Cc1c(Cl)cccc1Cl)C(=O)COc1ccccc1. The molecule has 0 fully saturated rings. The van der Waals surface area contributed by atoms with Crippen LogP contribution in [0, 0.1) is 0 Å². The third-order valence-electron chi connectivity index (χ3n) is 4.09. The van der Waals surface area contributed by atoms with E-state index in [1.807, 2.05) is 32.0 Å². The molecule has 0 heterocycles. The maximum Gasteiger partial charge on any atom is 0.261 e. The first kappa shape index (κ1) is 22.1. The first-order valence-electron chi connectivity index (χ1n) is 9.00. The number of hydrogen-bond donors (Lipinski definition) is 1. The first-order chi connectivity index (χ1) is 13.3. The van der Waals surface area contributed by atoms with Gasteiger partial charge in [0.2, 0.25) is 5.91 Å². The fourth-order valence-corrected chi connectivity index (χ4v) is 3.10. The molecule has 1 N–H and O–H groups in total. The van der Waals surface area contributed by atoms with Gasteiger partial charge in [-0.1, -0.05) is 47.5 Å². The average molecular weight is 423 g/mol. The Hall–Kier alpha value is -2.24. The van der Waals surface area contributed by atoms with Gasteiger partial charge < -0.3 is 15.0 Å². The molecule has 2 rings (SSSR count). The van der Waals surface area contributed by atoms with Crippen LogP contribution in [-0.4, -0.2) is 35.4 Å². The van der Waals surface area contributed by atoms with E-state index in [-0.39, 0.29) is 31.0 Å². The topological polar surface area (TPSA) is 58.6 Å². The first-order valence-corrected chi connectivity index (χ1v) is 9.75. The molecule has 1 unspecified atom stereocenters. The summed E-state index contributed by atoms with van der Waals surface area (Å²) in [5.74, 6) is -0.0247. The number of nitrogens with one attached hydrogen (secondary N) is 1. The monoisotopic (exact) mass is 422 g/mol. The number of hydrogen-bond acceptors (Lipinski definition) is 3. The second kappa shape index (κ2) is 10.3. The minimum absolute atomic E-state index is 0.0450. The molecule has 1 atom stereocenters. The summed E-state index contributed by atoms with van der Waals surface area (Å²) in [6.45, 7) is 5.29. The van der Waals surface area contributed by atoms with Gasteiger partial charge in [-0.2, -0.15) is 0 Å². The van der Waals surface area contributed by atoms with Gasteiger partial charge in [0, 0.05) is 28.2 Å². The quantitative estimate of drug-likeness (QED) is 0.688. The Morgan fingerprint density at radius 2 is 1.61 bits per heavy atom. The summed E-state index contributed by atoms with van der Waals surface area (Å²) < 4.78 is 5.57. The van der Waals surface area contributed by atoms with Crippen LogP contribution in [0.5, 0.6) is 5.75 Å². The Morgan fingerprint density at radius 3 is 2.18 bits per heavy atom. The van der Waals surface area contributed by atoms with Crippen molar-refractivity contribution in [3.05, 3.63) is 64.1 Å². The van der Waals surface area contributed by atoms with Crippen molar-refractivity contribution in [3.8, 4) is 5.75 Å². The molecule has 2 amide bonds. The van der Waals surface area contributed by atoms with Gasteiger partial charge >= 0.3 is 0 Å². The average Bonchev–Trinajstić information content (AvgIpc) is 2.65. The molecule has 2 aromatic carbocycles. The van der Waals surface area contributed by atoms with Crippen LogP contribution in [0.15, 0.2) is 48.5 Å². The molecule has 0 aliphatic heterocycles. The van der Waals surface area contributed by atoms with Crippen molar-refractivity contribution in [1.29, 1.82) is 0 Å². The van der Waals surface area contributed by atoms with Gasteiger partial charge in [-0.25, -0.2) is 0 Å². The fraction of sp³-hybridized carbons (Fsp3) is 0.333. The molecule has 150 valence electrons. The van der Waals surface area contributed by atoms with E-state index < -0.39 is 6.04 Å². The highest BCUT2D eigenvalue weighted by atomic mass is 35.5. The zero-order valence-electron chi connectivity index (χ0n) is 16.1. The summed E-state index contributed by atoms with van der Waals surface area (Å²) in [5.41, 5.74) is 0.586. The van der Waals surface area contributed by atoms with Gasteiger partial charge in [-0.05, 0) is 45.0 Å². The molecule has 7 heteroatoms. The minimum atomic E-state index is -0.721. The number of para-hydroxylation sites is 1. The summed E-state index contributed by atoms with van der Waals surface area (Å²) >= 11 is 12.5. The molecule has 28 heavy (non-hydrogen) atoms. The van der Waals surface area contributed by atoms with Crippen molar-refractivity contribution in [1.82, 2.24) is 10.2 Å². The lowest BCUT2D eigenvalue weighted by Gasteiger charge is -2.30. The van der Waals surface area contributed by atoms with Gasteiger partial charge in [-0.15, -0.1) is 0 Å². The van der Waals surface area contributed by atoms with Gasteiger partial charge in [0.25, 0.3) is 5.91 Å². The number of carbonyl (C=O) groups is 2. The number of carbonyl (C=O) groups excluding carboxylic acids is 2. The van der Waals surface area contributed by atoms with Crippen LogP contribution in [0.1, 0.15) is 26.3 Å². The van der Waals surface area contributed by atoms with Crippen LogP contribution in [0.25, 0.3) is 0 Å². The van der Waals surface area contributed by atoms with E-state index in [2.05, 4.69) is 5.32 Å². The lowest BCUT2D eigenvalue weighted by molar-refractivity contribution is -0.142. The summed E-state index contributed by atoms with van der Waals surface area (Å²) in [7, 11) is 0. The number of nitrogens with zero attached hydrogens (tertiary/aromatic N) is 1.